The van der Waals surface area contributed by atoms with Gasteiger partial charge in [-0.25, -0.2) is 0 Å². The molecule has 0 spiro atoms. The van der Waals surface area contributed by atoms with E-state index in [1.807, 2.05) is 50.2 Å². The molecule has 5 nitrogen and oxygen atoms in total. The number of nitriles is 1. The van der Waals surface area contributed by atoms with Crippen LogP contribution in [0, 0.1) is 25.2 Å². The Labute approximate surface area is 183 Å². The molecule has 0 fully saturated rings. The van der Waals surface area contributed by atoms with Crippen LogP contribution in [0.25, 0.3) is 0 Å². The van der Waals surface area contributed by atoms with Crippen molar-refractivity contribution in [2.45, 2.75) is 27.0 Å². The van der Waals surface area contributed by atoms with Crippen molar-refractivity contribution in [2.24, 2.45) is 0 Å². The van der Waals surface area contributed by atoms with Gasteiger partial charge in [0.25, 0.3) is 5.91 Å². The van der Waals surface area contributed by atoms with E-state index in [1.165, 1.54) is 0 Å². The minimum atomic E-state index is -0.0748. The van der Waals surface area contributed by atoms with Gasteiger partial charge < -0.3 is 9.64 Å². The molecule has 31 heavy (non-hydrogen) atoms. The molecule has 0 aliphatic rings. The van der Waals surface area contributed by atoms with E-state index in [9.17, 15) is 4.79 Å². The first-order valence-electron chi connectivity index (χ1n) is 10.0. The molecule has 1 amide bonds. The van der Waals surface area contributed by atoms with Crippen molar-refractivity contribution >= 4 is 5.91 Å². The lowest BCUT2D eigenvalue weighted by Gasteiger charge is -2.22. The lowest BCUT2D eigenvalue weighted by atomic mass is 10.0. The predicted octanol–water partition coefficient (Wildman–Crippen LogP) is 4.98. The maximum Gasteiger partial charge on any atom is 0.254 e. The van der Waals surface area contributed by atoms with Crippen molar-refractivity contribution in [1.29, 1.82) is 5.26 Å². The number of amides is 1. The summed E-state index contributed by atoms with van der Waals surface area (Å²) in [6.07, 6.45) is 5.22. The molecule has 1 heterocycles. The van der Waals surface area contributed by atoms with E-state index in [-0.39, 0.29) is 5.91 Å². The molecule has 0 aliphatic carbocycles. The number of hydrogen-bond donors (Lipinski definition) is 0. The summed E-state index contributed by atoms with van der Waals surface area (Å²) in [4.78, 5) is 19.1. The van der Waals surface area contributed by atoms with Gasteiger partial charge in [0.2, 0.25) is 0 Å². The molecule has 0 aliphatic heterocycles. The number of benzene rings is 2. The molecular weight excluding hydrogens is 386 g/mol. The maximum absolute atomic E-state index is 13.2. The summed E-state index contributed by atoms with van der Waals surface area (Å²) in [5.74, 6) is 0.706. The molecule has 0 saturated heterocycles. The highest BCUT2D eigenvalue weighted by Crippen LogP contribution is 2.27. The summed E-state index contributed by atoms with van der Waals surface area (Å²) < 4.78 is 6.01. The first-order valence-corrected chi connectivity index (χ1v) is 10.0. The van der Waals surface area contributed by atoms with Gasteiger partial charge in [-0.3, -0.25) is 9.78 Å². The number of hydrogen-bond acceptors (Lipinski definition) is 4. The van der Waals surface area contributed by atoms with Crippen LogP contribution in [-0.4, -0.2) is 22.3 Å². The number of aryl methyl sites for hydroxylation is 2. The van der Waals surface area contributed by atoms with Gasteiger partial charge in [-0.1, -0.05) is 24.3 Å². The van der Waals surface area contributed by atoms with Crippen molar-refractivity contribution in [1.82, 2.24) is 9.88 Å². The minimum absolute atomic E-state index is 0.0748. The Morgan fingerprint density at radius 1 is 1.16 bits per heavy atom. The third-order valence-corrected chi connectivity index (χ3v) is 4.91. The molecule has 156 valence electrons. The fourth-order valence-corrected chi connectivity index (χ4v) is 3.40. The third kappa shape index (κ3) is 5.58. The molecule has 1 aromatic heterocycles. The van der Waals surface area contributed by atoms with Crippen LogP contribution >= 0.6 is 0 Å². The zero-order valence-corrected chi connectivity index (χ0v) is 17.8. The van der Waals surface area contributed by atoms with Crippen molar-refractivity contribution in [3.8, 4) is 11.8 Å². The smallest absolute Gasteiger partial charge is 0.254 e. The Bertz CT molecular complexity index is 1080. The van der Waals surface area contributed by atoms with Crippen molar-refractivity contribution < 1.29 is 9.53 Å². The Kier molecular flexibility index (Phi) is 7.18. The molecule has 3 aromatic rings. The molecule has 0 unspecified atom stereocenters. The minimum Gasteiger partial charge on any atom is -0.488 e. The fraction of sp³-hybridized carbons (Fsp3) is 0.192. The number of carbonyl (C=O) groups excluding carboxylic acids is 1. The zero-order valence-electron chi connectivity index (χ0n) is 17.8. The second-order valence-corrected chi connectivity index (χ2v) is 7.37. The largest absolute Gasteiger partial charge is 0.488 e. The SMILES string of the molecule is C=CCN(Cc1ccc(C#N)cc1)C(=O)c1cc(C)c(OCc2cccnc2)c(C)c1. The molecule has 0 atom stereocenters. The summed E-state index contributed by atoms with van der Waals surface area (Å²) in [6.45, 7) is 8.96. The van der Waals surface area contributed by atoms with Gasteiger partial charge in [-0.15, -0.1) is 6.58 Å². The Hall–Kier alpha value is -3.91. The fourth-order valence-electron chi connectivity index (χ4n) is 3.40. The quantitative estimate of drug-likeness (QED) is 0.491. The van der Waals surface area contributed by atoms with E-state index >= 15 is 0 Å². The van der Waals surface area contributed by atoms with Crippen LogP contribution in [0.4, 0.5) is 0 Å². The molecule has 5 heteroatoms. The highest BCUT2D eigenvalue weighted by Gasteiger charge is 2.18. The third-order valence-electron chi connectivity index (χ3n) is 4.91. The van der Waals surface area contributed by atoms with Crippen LogP contribution in [-0.2, 0) is 13.2 Å². The summed E-state index contributed by atoms with van der Waals surface area (Å²) in [5, 5.41) is 8.97. The highest BCUT2D eigenvalue weighted by atomic mass is 16.5. The number of carbonyl (C=O) groups is 1. The van der Waals surface area contributed by atoms with Crippen LogP contribution in [0.1, 0.15) is 38.2 Å². The molecule has 0 bridgehead atoms. The molecule has 3 rings (SSSR count). The first-order chi connectivity index (χ1) is 15.0. The summed E-state index contributed by atoms with van der Waals surface area (Å²) in [5.41, 5.74) is 4.96. The Morgan fingerprint density at radius 2 is 1.87 bits per heavy atom. The normalized spacial score (nSPS) is 10.2. The summed E-state index contributed by atoms with van der Waals surface area (Å²) in [6, 6.07) is 16.9. The lowest BCUT2D eigenvalue weighted by Crippen LogP contribution is -2.30. The van der Waals surface area contributed by atoms with Gasteiger partial charge in [-0.2, -0.15) is 5.26 Å². The van der Waals surface area contributed by atoms with Gasteiger partial charge in [0.1, 0.15) is 12.4 Å². The maximum atomic E-state index is 13.2. The molecule has 0 radical (unpaired) electrons. The molecular formula is C26H25N3O2. The summed E-state index contributed by atoms with van der Waals surface area (Å²) in [7, 11) is 0. The Morgan fingerprint density at radius 3 is 2.45 bits per heavy atom. The topological polar surface area (TPSA) is 66.2 Å². The van der Waals surface area contributed by atoms with Crippen LogP contribution in [0.3, 0.4) is 0 Å². The van der Waals surface area contributed by atoms with Gasteiger partial charge in [0, 0.05) is 36.6 Å². The highest BCUT2D eigenvalue weighted by molar-refractivity contribution is 5.95. The van der Waals surface area contributed by atoms with Crippen molar-refractivity contribution in [2.75, 3.05) is 6.54 Å². The Balaban J connectivity index is 1.77. The van der Waals surface area contributed by atoms with E-state index in [0.29, 0.717) is 30.8 Å². The number of aromatic nitrogens is 1. The average Bonchev–Trinajstić information content (AvgIpc) is 2.79. The lowest BCUT2D eigenvalue weighted by molar-refractivity contribution is 0.0762. The first kappa shape index (κ1) is 21.8. The van der Waals surface area contributed by atoms with E-state index in [4.69, 9.17) is 10.00 Å². The zero-order chi connectivity index (χ0) is 22.2. The van der Waals surface area contributed by atoms with E-state index in [2.05, 4.69) is 17.6 Å². The van der Waals surface area contributed by atoms with Gasteiger partial charge >= 0.3 is 0 Å². The van der Waals surface area contributed by atoms with Crippen molar-refractivity contribution in [3.05, 3.63) is 107 Å². The van der Waals surface area contributed by atoms with Crippen LogP contribution in [0.2, 0.25) is 0 Å². The average molecular weight is 412 g/mol. The molecule has 0 saturated carbocycles. The summed E-state index contributed by atoms with van der Waals surface area (Å²) >= 11 is 0. The van der Waals surface area contributed by atoms with Gasteiger partial charge in [-0.05, 0) is 60.9 Å². The van der Waals surface area contributed by atoms with Gasteiger partial charge in [0.15, 0.2) is 0 Å². The van der Waals surface area contributed by atoms with Crippen LogP contribution in [0.5, 0.6) is 5.75 Å². The van der Waals surface area contributed by atoms with E-state index in [1.54, 1.807) is 35.5 Å². The monoisotopic (exact) mass is 411 g/mol. The second kappa shape index (κ2) is 10.2. The number of pyridine rings is 1. The van der Waals surface area contributed by atoms with Crippen LogP contribution < -0.4 is 4.74 Å². The van der Waals surface area contributed by atoms with Crippen LogP contribution in [0.15, 0.2) is 73.6 Å². The van der Waals surface area contributed by atoms with Gasteiger partial charge in [0.05, 0.1) is 11.6 Å². The molecule has 2 aromatic carbocycles. The number of ether oxygens (including phenoxy) is 1. The molecule has 0 N–H and O–H groups in total. The predicted molar refractivity (Wildman–Crippen MR) is 121 cm³/mol. The second-order valence-electron chi connectivity index (χ2n) is 7.37. The van der Waals surface area contributed by atoms with Crippen molar-refractivity contribution in [3.63, 3.8) is 0 Å². The number of nitrogens with zero attached hydrogens (tertiary/aromatic N) is 3. The van der Waals surface area contributed by atoms with E-state index in [0.717, 1.165) is 28.0 Å². The van der Waals surface area contributed by atoms with E-state index < -0.39 is 0 Å². The number of rotatable bonds is 8. The standard InChI is InChI=1S/C26H25N3O2/c1-4-12-29(17-22-9-7-21(15-27)8-10-22)26(30)24-13-19(2)25(20(3)14-24)31-18-23-6-5-11-28-16-23/h4-11,13-14,16H,1,12,17-18H2,2-3H3.